The molecular formula is C40H47N9O8S. The van der Waals surface area contributed by atoms with Crippen LogP contribution in [0.15, 0.2) is 77.8 Å². The third kappa shape index (κ3) is 10.3. The third-order valence-corrected chi connectivity index (χ3v) is 10.9. The van der Waals surface area contributed by atoms with Crippen LogP contribution in [0.5, 0.6) is 5.75 Å². The lowest BCUT2D eigenvalue weighted by atomic mass is 10.1. The van der Waals surface area contributed by atoms with Gasteiger partial charge in [-0.2, -0.15) is 4.98 Å². The molecule has 1 aromatic heterocycles. The van der Waals surface area contributed by atoms with Gasteiger partial charge in [-0.15, -0.1) is 0 Å². The topological polar surface area (TPSA) is 233 Å². The molecule has 0 aliphatic carbocycles. The van der Waals surface area contributed by atoms with E-state index >= 15 is 0 Å². The molecule has 58 heavy (non-hydrogen) atoms. The summed E-state index contributed by atoms with van der Waals surface area (Å²) in [5.74, 6) is -0.580. The predicted molar refractivity (Wildman–Crippen MR) is 216 cm³/mol. The summed E-state index contributed by atoms with van der Waals surface area (Å²) in [5.41, 5.74) is 2.00. The summed E-state index contributed by atoms with van der Waals surface area (Å²) in [6.45, 7) is 7.98. The predicted octanol–water partition coefficient (Wildman–Crippen LogP) is 3.99. The minimum atomic E-state index is -3.72. The van der Waals surface area contributed by atoms with Crippen molar-refractivity contribution >= 4 is 62.5 Å². The van der Waals surface area contributed by atoms with E-state index in [9.17, 15) is 32.7 Å². The van der Waals surface area contributed by atoms with Crippen molar-refractivity contribution in [3.63, 3.8) is 0 Å². The quantitative estimate of drug-likeness (QED) is 0.0666. The molecule has 2 aliphatic rings. The van der Waals surface area contributed by atoms with Crippen molar-refractivity contribution in [2.75, 3.05) is 35.6 Å². The highest BCUT2D eigenvalue weighted by Gasteiger charge is 2.44. The number of hydrogen-bond donors (Lipinski definition) is 7. The zero-order valence-corrected chi connectivity index (χ0v) is 33.4. The summed E-state index contributed by atoms with van der Waals surface area (Å²) in [6.07, 6.45) is 1.62. The van der Waals surface area contributed by atoms with Crippen LogP contribution in [0, 0.1) is 6.92 Å². The smallest absolute Gasteiger partial charge is 0.259 e. The second-order valence-electron chi connectivity index (χ2n) is 15.0. The minimum absolute atomic E-state index is 0.0425. The number of rotatable bonds is 15. The zero-order valence-electron chi connectivity index (χ0n) is 32.6. The second-order valence-corrected chi connectivity index (χ2v) is 16.7. The minimum Gasteiger partial charge on any atom is -0.494 e. The van der Waals surface area contributed by atoms with Gasteiger partial charge in [0.15, 0.2) is 6.23 Å². The Labute approximate surface area is 336 Å². The molecule has 6 rings (SSSR count). The number of anilines is 5. The Morgan fingerprint density at radius 2 is 1.78 bits per heavy atom. The average Bonchev–Trinajstić information content (AvgIpc) is 3.29. The number of carbonyl (C=O) groups excluding carboxylic acids is 4. The van der Waals surface area contributed by atoms with E-state index < -0.39 is 51.5 Å². The van der Waals surface area contributed by atoms with Crippen molar-refractivity contribution in [3.05, 3.63) is 89.6 Å². The van der Waals surface area contributed by atoms with Crippen molar-refractivity contribution < 1.29 is 37.4 Å². The summed E-state index contributed by atoms with van der Waals surface area (Å²) < 4.78 is 34.2. The van der Waals surface area contributed by atoms with E-state index in [1.165, 1.54) is 6.07 Å². The summed E-state index contributed by atoms with van der Waals surface area (Å²) in [5, 5.41) is 25.4. The summed E-state index contributed by atoms with van der Waals surface area (Å²) in [4.78, 5) is 60.8. The number of aromatic nitrogens is 2. The molecule has 1 fully saturated rings. The number of aryl methyl sites for hydroxylation is 1. The van der Waals surface area contributed by atoms with Crippen LogP contribution in [0.4, 0.5) is 28.8 Å². The van der Waals surface area contributed by atoms with E-state index in [-0.39, 0.29) is 41.1 Å². The summed E-state index contributed by atoms with van der Waals surface area (Å²) in [6, 6.07) is 17.5. The highest BCUT2D eigenvalue weighted by Crippen LogP contribution is 2.38. The number of nitrogens with one attached hydrogen (secondary N) is 6. The number of sulfonamides is 1. The summed E-state index contributed by atoms with van der Waals surface area (Å²) in [7, 11) is -3.72. The van der Waals surface area contributed by atoms with Gasteiger partial charge in [0.25, 0.3) is 5.91 Å². The molecule has 1 saturated heterocycles. The van der Waals surface area contributed by atoms with Crippen LogP contribution < -0.4 is 36.0 Å². The van der Waals surface area contributed by atoms with Gasteiger partial charge in [0.05, 0.1) is 29.3 Å². The monoisotopic (exact) mass is 813 g/mol. The average molecular weight is 814 g/mol. The first-order valence-electron chi connectivity index (χ1n) is 18.8. The van der Waals surface area contributed by atoms with Gasteiger partial charge in [-0.3, -0.25) is 29.4 Å². The van der Waals surface area contributed by atoms with Gasteiger partial charge >= 0.3 is 0 Å². The molecule has 0 spiro atoms. The largest absolute Gasteiger partial charge is 0.494 e. The number of hydrogen-bond acceptors (Lipinski definition) is 13. The number of amides is 4. The second kappa shape index (κ2) is 17.7. The number of benzene rings is 3. The first-order chi connectivity index (χ1) is 27.6. The van der Waals surface area contributed by atoms with E-state index in [2.05, 4.69) is 41.3 Å². The Balaban J connectivity index is 0.941. The fourth-order valence-corrected chi connectivity index (χ4v) is 7.95. The molecule has 2 aliphatic heterocycles. The van der Waals surface area contributed by atoms with Gasteiger partial charge in [0, 0.05) is 40.7 Å². The molecule has 0 radical (unpaired) electrons. The van der Waals surface area contributed by atoms with Crippen LogP contribution in [0.2, 0.25) is 0 Å². The molecule has 3 aromatic carbocycles. The first-order valence-corrected chi connectivity index (χ1v) is 20.3. The van der Waals surface area contributed by atoms with Crippen LogP contribution in [-0.4, -0.2) is 83.3 Å². The Morgan fingerprint density at radius 3 is 2.53 bits per heavy atom. The molecule has 17 nitrogen and oxygen atoms in total. The molecule has 2 atom stereocenters. The van der Waals surface area contributed by atoms with Crippen LogP contribution in [-0.2, 0) is 24.4 Å². The van der Waals surface area contributed by atoms with Crippen molar-refractivity contribution in [2.45, 2.75) is 76.1 Å². The fourth-order valence-electron chi connectivity index (χ4n) is 6.48. The lowest BCUT2D eigenvalue weighted by Crippen LogP contribution is -2.48. The van der Waals surface area contributed by atoms with Crippen molar-refractivity contribution in [1.29, 1.82) is 0 Å². The fraction of sp³-hybridized carbons (Fsp3) is 0.350. The molecule has 0 bridgehead atoms. The number of ether oxygens (including phenoxy) is 1. The molecule has 306 valence electrons. The maximum absolute atomic E-state index is 13.4. The molecular weight excluding hydrogens is 767 g/mol. The Kier molecular flexibility index (Phi) is 12.7. The van der Waals surface area contributed by atoms with Crippen LogP contribution in [0.3, 0.4) is 0 Å². The van der Waals surface area contributed by atoms with Crippen LogP contribution >= 0.6 is 0 Å². The molecule has 4 amide bonds. The maximum Gasteiger partial charge on any atom is 0.259 e. The van der Waals surface area contributed by atoms with Crippen molar-refractivity contribution in [1.82, 2.24) is 30.2 Å². The third-order valence-electron chi connectivity index (χ3n) is 9.13. The highest BCUT2D eigenvalue weighted by atomic mass is 32.2. The number of aliphatic hydroxyl groups excluding tert-OH is 1. The normalized spacial score (nSPS) is 17.0. The van der Waals surface area contributed by atoms with E-state index in [4.69, 9.17) is 4.74 Å². The maximum atomic E-state index is 13.4. The van der Waals surface area contributed by atoms with E-state index in [1.807, 2.05) is 19.1 Å². The number of aliphatic hydroxyl groups is 1. The summed E-state index contributed by atoms with van der Waals surface area (Å²) >= 11 is 0. The van der Waals surface area contributed by atoms with Gasteiger partial charge in [-0.05, 0) is 102 Å². The van der Waals surface area contributed by atoms with Crippen molar-refractivity contribution in [3.8, 4) is 5.75 Å². The number of imide groups is 1. The Bertz CT molecular complexity index is 2300. The van der Waals surface area contributed by atoms with E-state index in [0.29, 0.717) is 49.2 Å². The molecule has 1 unspecified atom stereocenters. The van der Waals surface area contributed by atoms with Gasteiger partial charge in [-0.1, -0.05) is 18.2 Å². The molecule has 7 N–H and O–H groups in total. The first kappa shape index (κ1) is 41.7. The van der Waals surface area contributed by atoms with Crippen LogP contribution in [0.1, 0.15) is 74.2 Å². The van der Waals surface area contributed by atoms with Crippen molar-refractivity contribution in [2.24, 2.45) is 0 Å². The lowest BCUT2D eigenvalue weighted by molar-refractivity contribution is -0.134. The Morgan fingerprint density at radius 1 is 1.02 bits per heavy atom. The number of fused-ring (bicyclic) bond motifs is 1. The molecule has 4 aromatic rings. The Hall–Kier alpha value is -5.95. The van der Waals surface area contributed by atoms with Gasteiger partial charge < -0.3 is 31.1 Å². The number of nitrogens with zero attached hydrogens (tertiary/aromatic N) is 3. The molecule has 0 saturated carbocycles. The van der Waals surface area contributed by atoms with E-state index in [1.54, 1.807) is 75.5 Å². The number of carbonyl (C=O) groups is 4. The highest BCUT2D eigenvalue weighted by molar-refractivity contribution is 7.89. The van der Waals surface area contributed by atoms with Gasteiger partial charge in [-0.25, -0.2) is 18.1 Å². The molecule has 18 heteroatoms. The SMILES string of the molecule is Cc1cnc(Nc2ccc(OCCCNCC(=O)Nc3cccc4c3C(=O)N([C@H]3CCCC(=O)NC3=O)C4O)cc2)nc1Nc1cccc(S(=O)(=O)NC(C)(C)C)c1. The van der Waals surface area contributed by atoms with E-state index in [0.717, 1.165) is 16.2 Å². The van der Waals surface area contributed by atoms with Crippen LogP contribution in [0.25, 0.3) is 0 Å². The molecule has 3 heterocycles. The van der Waals surface area contributed by atoms with Gasteiger partial charge in [0.2, 0.25) is 33.7 Å². The van der Waals surface area contributed by atoms with Gasteiger partial charge in [0.1, 0.15) is 17.6 Å². The standard InChI is InChI=1S/C40H47N9O8S/c1-24-22-42-39(47-35(24)43-26-9-5-10-28(21-26)58(55,56)48-40(2,3)4)44-25-15-17-27(18-16-25)57-20-8-19-41-23-33(51)45-30-12-6-11-29-34(30)38(54)49(37(29)53)31-13-7-14-32(50)46-36(31)52/h5-6,9-12,15-18,21-22,31,37,41,48,53H,7-8,13-14,19-20,23H2,1-4H3,(H,45,51)(H,46,50,52)(H2,42,43,44,47)/t31-,37?/m0/s1. The zero-order chi connectivity index (χ0) is 41.6. The lowest BCUT2D eigenvalue weighted by Gasteiger charge is -2.28.